The van der Waals surface area contributed by atoms with E-state index in [1.165, 1.54) is 12.1 Å². The predicted molar refractivity (Wildman–Crippen MR) is 76.1 cm³/mol. The Kier molecular flexibility index (Phi) is 4.75. The minimum Gasteiger partial charge on any atom is -0.229 e. The van der Waals surface area contributed by atoms with E-state index >= 15 is 0 Å². The summed E-state index contributed by atoms with van der Waals surface area (Å²) in [4.78, 5) is 0. The molecule has 2 rings (SSSR count). The standard InChI is InChI=1S/C13H15Cl2FO2S/c14-7-11(9-3-4-19(17,18)8-9)5-10-6-12(15)1-2-13(10)16/h1-2,6,9,11H,3-5,7-8H2. The van der Waals surface area contributed by atoms with Crippen LogP contribution in [0.3, 0.4) is 0 Å². The normalized spacial score (nSPS) is 23.4. The van der Waals surface area contributed by atoms with Gasteiger partial charge >= 0.3 is 0 Å². The molecule has 1 aromatic carbocycles. The Morgan fingerprint density at radius 3 is 2.74 bits per heavy atom. The lowest BCUT2D eigenvalue weighted by molar-refractivity contribution is 0.392. The summed E-state index contributed by atoms with van der Waals surface area (Å²) >= 11 is 11.8. The van der Waals surface area contributed by atoms with E-state index in [-0.39, 0.29) is 29.2 Å². The van der Waals surface area contributed by atoms with E-state index < -0.39 is 9.84 Å². The molecule has 6 heteroatoms. The van der Waals surface area contributed by atoms with Crippen molar-refractivity contribution in [2.24, 2.45) is 11.8 Å². The van der Waals surface area contributed by atoms with Gasteiger partial charge in [0.2, 0.25) is 0 Å². The smallest absolute Gasteiger partial charge is 0.150 e. The first kappa shape index (κ1) is 15.1. The molecule has 0 aliphatic carbocycles. The maximum Gasteiger partial charge on any atom is 0.150 e. The van der Waals surface area contributed by atoms with Crippen LogP contribution in [-0.4, -0.2) is 25.8 Å². The topological polar surface area (TPSA) is 34.1 Å². The van der Waals surface area contributed by atoms with Crippen LogP contribution in [0.5, 0.6) is 0 Å². The zero-order chi connectivity index (χ0) is 14.0. The first-order valence-electron chi connectivity index (χ1n) is 6.11. The van der Waals surface area contributed by atoms with Crippen molar-refractivity contribution in [3.63, 3.8) is 0 Å². The summed E-state index contributed by atoms with van der Waals surface area (Å²) in [5.41, 5.74) is 0.502. The maximum atomic E-state index is 13.7. The molecule has 0 aromatic heterocycles. The molecule has 1 fully saturated rings. The van der Waals surface area contributed by atoms with Gasteiger partial charge in [-0.25, -0.2) is 12.8 Å². The molecule has 1 aromatic rings. The molecule has 1 aliphatic rings. The number of alkyl halides is 1. The van der Waals surface area contributed by atoms with Gasteiger partial charge in [0, 0.05) is 10.9 Å². The first-order chi connectivity index (χ1) is 8.91. The molecule has 0 radical (unpaired) electrons. The van der Waals surface area contributed by atoms with Crippen molar-refractivity contribution in [3.8, 4) is 0 Å². The average Bonchev–Trinajstić information content (AvgIpc) is 2.70. The highest BCUT2D eigenvalue weighted by Gasteiger charge is 2.33. The van der Waals surface area contributed by atoms with Gasteiger partial charge in [0.05, 0.1) is 11.5 Å². The quantitative estimate of drug-likeness (QED) is 0.796. The zero-order valence-corrected chi connectivity index (χ0v) is 12.6. The van der Waals surface area contributed by atoms with Gasteiger partial charge in [-0.3, -0.25) is 0 Å². The van der Waals surface area contributed by atoms with E-state index in [1.807, 2.05) is 0 Å². The maximum absolute atomic E-state index is 13.7. The average molecular weight is 325 g/mol. The van der Waals surface area contributed by atoms with Crippen molar-refractivity contribution in [1.29, 1.82) is 0 Å². The predicted octanol–water partition coefficient (Wildman–Crippen LogP) is 3.31. The molecule has 0 spiro atoms. The molecule has 1 heterocycles. The zero-order valence-electron chi connectivity index (χ0n) is 10.3. The molecule has 19 heavy (non-hydrogen) atoms. The Labute approximate surface area is 122 Å². The number of hydrogen-bond acceptors (Lipinski definition) is 2. The van der Waals surface area contributed by atoms with Gasteiger partial charge in [-0.2, -0.15) is 0 Å². The summed E-state index contributed by atoms with van der Waals surface area (Å²) in [6, 6.07) is 4.41. The van der Waals surface area contributed by atoms with Crippen molar-refractivity contribution < 1.29 is 12.8 Å². The van der Waals surface area contributed by atoms with E-state index in [4.69, 9.17) is 23.2 Å². The molecule has 0 saturated carbocycles. The summed E-state index contributed by atoms with van der Waals surface area (Å²) in [5, 5.41) is 0.476. The molecule has 1 aliphatic heterocycles. The summed E-state index contributed by atoms with van der Waals surface area (Å²) < 4.78 is 36.7. The van der Waals surface area contributed by atoms with Crippen LogP contribution in [0.15, 0.2) is 18.2 Å². The molecule has 2 atom stereocenters. The number of benzene rings is 1. The Morgan fingerprint density at radius 2 is 2.16 bits per heavy atom. The summed E-state index contributed by atoms with van der Waals surface area (Å²) in [6.07, 6.45) is 1.04. The number of sulfone groups is 1. The fourth-order valence-corrected chi connectivity index (χ4v) is 5.00. The molecule has 2 unspecified atom stereocenters. The van der Waals surface area contributed by atoms with Gasteiger partial charge < -0.3 is 0 Å². The van der Waals surface area contributed by atoms with Crippen LogP contribution in [0.4, 0.5) is 4.39 Å². The lowest BCUT2D eigenvalue weighted by atomic mass is 9.88. The second-order valence-electron chi connectivity index (χ2n) is 5.02. The second kappa shape index (κ2) is 5.98. The Bertz CT molecular complexity index is 560. The third-order valence-electron chi connectivity index (χ3n) is 3.62. The third kappa shape index (κ3) is 3.83. The van der Waals surface area contributed by atoms with Crippen molar-refractivity contribution in [1.82, 2.24) is 0 Å². The minimum absolute atomic E-state index is 0.0147. The number of halogens is 3. The van der Waals surface area contributed by atoms with E-state index in [1.54, 1.807) is 6.07 Å². The van der Waals surface area contributed by atoms with Crippen LogP contribution in [0.2, 0.25) is 5.02 Å². The Morgan fingerprint density at radius 1 is 1.42 bits per heavy atom. The Hall–Kier alpha value is -0.320. The van der Waals surface area contributed by atoms with E-state index in [0.717, 1.165) is 0 Å². The van der Waals surface area contributed by atoms with Gasteiger partial charge in [-0.15, -0.1) is 11.6 Å². The number of hydrogen-bond donors (Lipinski definition) is 0. The highest BCUT2D eigenvalue weighted by Crippen LogP contribution is 2.30. The fourth-order valence-electron chi connectivity index (χ4n) is 2.52. The van der Waals surface area contributed by atoms with Crippen LogP contribution in [0, 0.1) is 17.7 Å². The highest BCUT2D eigenvalue weighted by atomic mass is 35.5. The molecule has 0 N–H and O–H groups in total. The lowest BCUT2D eigenvalue weighted by Crippen LogP contribution is -2.20. The van der Waals surface area contributed by atoms with E-state index in [0.29, 0.717) is 29.3 Å². The van der Waals surface area contributed by atoms with Crippen molar-refractivity contribution in [2.75, 3.05) is 17.4 Å². The van der Waals surface area contributed by atoms with Gasteiger partial charge in [-0.1, -0.05) is 11.6 Å². The first-order valence-corrected chi connectivity index (χ1v) is 8.85. The molecule has 2 nitrogen and oxygen atoms in total. The fraction of sp³-hybridized carbons (Fsp3) is 0.538. The highest BCUT2D eigenvalue weighted by molar-refractivity contribution is 7.91. The van der Waals surface area contributed by atoms with Crippen LogP contribution < -0.4 is 0 Å². The molecule has 0 amide bonds. The van der Waals surface area contributed by atoms with Crippen molar-refractivity contribution >= 4 is 33.0 Å². The van der Waals surface area contributed by atoms with Gasteiger partial charge in [-0.05, 0) is 48.4 Å². The molecule has 1 saturated heterocycles. The van der Waals surface area contributed by atoms with Crippen LogP contribution >= 0.6 is 23.2 Å². The molecular weight excluding hydrogens is 310 g/mol. The largest absolute Gasteiger partial charge is 0.229 e. The van der Waals surface area contributed by atoms with E-state index in [2.05, 4.69) is 0 Å². The van der Waals surface area contributed by atoms with Gasteiger partial charge in [0.25, 0.3) is 0 Å². The third-order valence-corrected chi connectivity index (χ3v) is 6.05. The van der Waals surface area contributed by atoms with Crippen LogP contribution in [0.1, 0.15) is 12.0 Å². The summed E-state index contributed by atoms with van der Waals surface area (Å²) in [5.74, 6) is 0.357. The van der Waals surface area contributed by atoms with Gasteiger partial charge in [0.1, 0.15) is 5.82 Å². The van der Waals surface area contributed by atoms with Crippen molar-refractivity contribution in [2.45, 2.75) is 12.8 Å². The van der Waals surface area contributed by atoms with Gasteiger partial charge in [0.15, 0.2) is 9.84 Å². The summed E-state index contributed by atoms with van der Waals surface area (Å²) in [6.45, 7) is 0. The Balaban J connectivity index is 2.13. The van der Waals surface area contributed by atoms with Crippen molar-refractivity contribution in [3.05, 3.63) is 34.6 Å². The monoisotopic (exact) mass is 324 g/mol. The lowest BCUT2D eigenvalue weighted by Gasteiger charge is -2.20. The SMILES string of the molecule is O=S1(=O)CCC(C(CCl)Cc2cc(Cl)ccc2F)C1. The van der Waals surface area contributed by atoms with Crippen LogP contribution in [0.25, 0.3) is 0 Å². The van der Waals surface area contributed by atoms with E-state index in [9.17, 15) is 12.8 Å². The minimum atomic E-state index is -2.94. The number of rotatable bonds is 4. The second-order valence-corrected chi connectivity index (χ2v) is 7.99. The molecular formula is C13H15Cl2FO2S. The molecule has 106 valence electrons. The van der Waals surface area contributed by atoms with Crippen LogP contribution in [-0.2, 0) is 16.3 Å². The molecule has 0 bridgehead atoms. The summed E-state index contributed by atoms with van der Waals surface area (Å²) in [7, 11) is -2.94.